The number of hydrogen-bond donors (Lipinski definition) is 0. The fourth-order valence-corrected chi connectivity index (χ4v) is 3.57. The largest absolute Gasteiger partial charge is 0.353 e. The number of rotatable bonds is 3. The molecule has 1 aliphatic heterocycles. The molecule has 2 heterocycles. The molecular formula is C21H29N3O. The Bertz CT molecular complexity index is 774. The number of pyridine rings is 1. The summed E-state index contributed by atoms with van der Waals surface area (Å²) in [5.41, 5.74) is 3.69. The number of amides is 1. The maximum atomic E-state index is 12.2. The first-order chi connectivity index (χ1) is 11.9. The van der Waals surface area contributed by atoms with Gasteiger partial charge in [-0.2, -0.15) is 0 Å². The fraction of sp³-hybridized carbons (Fsp3) is 0.524. The predicted molar refractivity (Wildman–Crippen MR) is 104 cm³/mol. The number of hydrogen-bond acceptors (Lipinski definition) is 3. The van der Waals surface area contributed by atoms with Crippen LogP contribution in [0.1, 0.15) is 44.7 Å². The molecule has 1 saturated heterocycles. The summed E-state index contributed by atoms with van der Waals surface area (Å²) in [6, 6.07) is 8.66. The van der Waals surface area contributed by atoms with Crippen molar-refractivity contribution in [2.24, 2.45) is 5.92 Å². The van der Waals surface area contributed by atoms with Crippen molar-refractivity contribution in [3.8, 4) is 0 Å². The van der Waals surface area contributed by atoms with Crippen molar-refractivity contribution in [1.82, 2.24) is 9.88 Å². The van der Waals surface area contributed by atoms with Crippen LogP contribution in [0.3, 0.4) is 0 Å². The van der Waals surface area contributed by atoms with Gasteiger partial charge in [0.15, 0.2) is 0 Å². The van der Waals surface area contributed by atoms with E-state index in [1.54, 1.807) is 0 Å². The minimum Gasteiger partial charge on any atom is -0.353 e. The molecule has 1 amide bonds. The summed E-state index contributed by atoms with van der Waals surface area (Å²) in [4.78, 5) is 21.5. The quantitative estimate of drug-likeness (QED) is 0.849. The van der Waals surface area contributed by atoms with Crippen LogP contribution in [-0.2, 0) is 4.79 Å². The zero-order valence-corrected chi connectivity index (χ0v) is 16.0. The van der Waals surface area contributed by atoms with Gasteiger partial charge in [0.25, 0.3) is 0 Å². The third-order valence-electron chi connectivity index (χ3n) is 5.10. The molecule has 25 heavy (non-hydrogen) atoms. The summed E-state index contributed by atoms with van der Waals surface area (Å²) < 4.78 is 0. The smallest absolute Gasteiger partial charge is 0.225 e. The lowest BCUT2D eigenvalue weighted by Crippen LogP contribution is -2.50. The third kappa shape index (κ3) is 3.48. The van der Waals surface area contributed by atoms with Crippen LogP contribution in [0.15, 0.2) is 24.3 Å². The van der Waals surface area contributed by atoms with Crippen LogP contribution in [0.2, 0.25) is 0 Å². The highest BCUT2D eigenvalue weighted by Crippen LogP contribution is 2.29. The van der Waals surface area contributed by atoms with Gasteiger partial charge in [0.1, 0.15) is 5.82 Å². The number of piperazine rings is 1. The van der Waals surface area contributed by atoms with Crippen LogP contribution in [0.4, 0.5) is 5.82 Å². The van der Waals surface area contributed by atoms with Crippen LogP contribution in [-0.4, -0.2) is 42.0 Å². The van der Waals surface area contributed by atoms with Crippen molar-refractivity contribution < 1.29 is 4.79 Å². The summed E-state index contributed by atoms with van der Waals surface area (Å²) in [5, 5.41) is 1.24. The van der Waals surface area contributed by atoms with Crippen molar-refractivity contribution in [1.29, 1.82) is 0 Å². The second-order valence-electron chi connectivity index (χ2n) is 7.66. The van der Waals surface area contributed by atoms with E-state index in [-0.39, 0.29) is 11.8 Å². The molecule has 1 aliphatic rings. The van der Waals surface area contributed by atoms with E-state index in [4.69, 9.17) is 4.98 Å². The van der Waals surface area contributed by atoms with Gasteiger partial charge in [-0.05, 0) is 30.0 Å². The van der Waals surface area contributed by atoms with E-state index in [0.717, 1.165) is 37.5 Å². The molecule has 0 saturated carbocycles. The summed E-state index contributed by atoms with van der Waals surface area (Å²) in [6.07, 6.45) is 0. The lowest BCUT2D eigenvalue weighted by atomic mass is 9.98. The Kier molecular flexibility index (Phi) is 4.98. The molecule has 4 nitrogen and oxygen atoms in total. The average molecular weight is 339 g/mol. The van der Waals surface area contributed by atoms with E-state index in [9.17, 15) is 4.79 Å². The molecule has 134 valence electrons. The van der Waals surface area contributed by atoms with E-state index in [1.165, 1.54) is 16.5 Å². The minimum atomic E-state index is 0.0705. The van der Waals surface area contributed by atoms with Crippen molar-refractivity contribution in [3.63, 3.8) is 0 Å². The molecule has 4 heteroatoms. The van der Waals surface area contributed by atoms with Gasteiger partial charge in [0, 0.05) is 37.5 Å². The monoisotopic (exact) mass is 339 g/mol. The molecule has 0 unspecified atom stereocenters. The minimum absolute atomic E-state index is 0.0705. The number of benzene rings is 1. The molecule has 0 aliphatic carbocycles. The summed E-state index contributed by atoms with van der Waals surface area (Å²) in [5.74, 6) is 1.81. The topological polar surface area (TPSA) is 36.4 Å². The fourth-order valence-electron chi connectivity index (χ4n) is 3.57. The molecule has 0 bridgehead atoms. The van der Waals surface area contributed by atoms with Gasteiger partial charge in [0.2, 0.25) is 5.91 Å². The van der Waals surface area contributed by atoms with Crippen LogP contribution in [0.5, 0.6) is 0 Å². The molecule has 0 N–H and O–H groups in total. The van der Waals surface area contributed by atoms with Crippen molar-refractivity contribution in [2.45, 2.75) is 40.5 Å². The highest BCUT2D eigenvalue weighted by Gasteiger charge is 2.24. The second-order valence-corrected chi connectivity index (χ2v) is 7.66. The number of carbonyl (C=O) groups excluding carboxylic acids is 1. The number of aryl methyl sites for hydroxylation is 1. The molecule has 1 fully saturated rings. The highest BCUT2D eigenvalue weighted by atomic mass is 16.2. The number of nitrogens with zero attached hydrogens (tertiary/aromatic N) is 3. The normalized spacial score (nSPS) is 15.5. The van der Waals surface area contributed by atoms with Crippen LogP contribution in [0, 0.1) is 12.8 Å². The van der Waals surface area contributed by atoms with Gasteiger partial charge in [-0.25, -0.2) is 4.98 Å². The Balaban J connectivity index is 1.88. The Hall–Kier alpha value is -2.10. The molecule has 1 aromatic heterocycles. The molecule has 2 aromatic rings. The summed E-state index contributed by atoms with van der Waals surface area (Å²) >= 11 is 0. The number of anilines is 1. The van der Waals surface area contributed by atoms with Crippen molar-refractivity contribution >= 4 is 22.6 Å². The SMILES string of the molecule is Cc1cc(N2CCN(C(=O)C(C)C)CC2)nc2c(C(C)C)cccc12. The molecule has 3 rings (SSSR count). The Labute approximate surface area is 150 Å². The molecule has 0 spiro atoms. The Morgan fingerprint density at radius 1 is 1.08 bits per heavy atom. The van der Waals surface area contributed by atoms with Gasteiger partial charge >= 0.3 is 0 Å². The maximum absolute atomic E-state index is 12.2. The lowest BCUT2D eigenvalue weighted by molar-refractivity contribution is -0.134. The highest BCUT2D eigenvalue weighted by molar-refractivity contribution is 5.87. The Morgan fingerprint density at radius 2 is 1.76 bits per heavy atom. The third-order valence-corrected chi connectivity index (χ3v) is 5.10. The standard InChI is InChI=1S/C21H29N3O/c1-14(2)17-7-6-8-18-16(5)13-19(22-20(17)18)23-9-11-24(12-10-23)21(25)15(3)4/h6-8,13-15H,9-12H2,1-5H3. The molecule has 1 aromatic carbocycles. The van der Waals surface area contributed by atoms with Gasteiger partial charge < -0.3 is 9.80 Å². The Morgan fingerprint density at radius 3 is 2.36 bits per heavy atom. The van der Waals surface area contributed by atoms with E-state index < -0.39 is 0 Å². The van der Waals surface area contributed by atoms with E-state index in [2.05, 4.69) is 49.9 Å². The van der Waals surface area contributed by atoms with Crippen LogP contribution in [0.25, 0.3) is 10.9 Å². The number of aromatic nitrogens is 1. The van der Waals surface area contributed by atoms with E-state index in [1.807, 2.05) is 18.7 Å². The summed E-state index contributed by atoms with van der Waals surface area (Å²) in [6.45, 7) is 13.8. The first-order valence-electron chi connectivity index (χ1n) is 9.32. The zero-order chi connectivity index (χ0) is 18.1. The number of carbonyl (C=O) groups is 1. The molecule has 0 atom stereocenters. The van der Waals surface area contributed by atoms with Gasteiger partial charge in [-0.1, -0.05) is 45.9 Å². The maximum Gasteiger partial charge on any atom is 0.225 e. The first-order valence-corrected chi connectivity index (χ1v) is 9.32. The number of para-hydroxylation sites is 1. The van der Waals surface area contributed by atoms with Crippen LogP contribution >= 0.6 is 0 Å². The average Bonchev–Trinajstić information content (AvgIpc) is 2.60. The number of fused-ring (bicyclic) bond motifs is 1. The van der Waals surface area contributed by atoms with Gasteiger partial charge in [-0.3, -0.25) is 4.79 Å². The predicted octanol–water partition coefficient (Wildman–Crippen LogP) is 3.97. The van der Waals surface area contributed by atoms with Gasteiger partial charge in [-0.15, -0.1) is 0 Å². The zero-order valence-electron chi connectivity index (χ0n) is 16.0. The lowest BCUT2D eigenvalue weighted by Gasteiger charge is -2.36. The van der Waals surface area contributed by atoms with E-state index in [0.29, 0.717) is 5.92 Å². The van der Waals surface area contributed by atoms with E-state index >= 15 is 0 Å². The summed E-state index contributed by atoms with van der Waals surface area (Å²) in [7, 11) is 0. The van der Waals surface area contributed by atoms with Gasteiger partial charge in [0.05, 0.1) is 5.52 Å². The molecule has 0 radical (unpaired) electrons. The van der Waals surface area contributed by atoms with Crippen LogP contribution < -0.4 is 4.90 Å². The second kappa shape index (κ2) is 7.03. The van der Waals surface area contributed by atoms with Crippen molar-refractivity contribution in [3.05, 3.63) is 35.4 Å². The molecular weight excluding hydrogens is 310 g/mol. The first kappa shape index (κ1) is 17.7. The van der Waals surface area contributed by atoms with Crippen molar-refractivity contribution in [2.75, 3.05) is 31.1 Å².